The number of benzene rings is 2. The SMILES string of the molecule is Cc1cccc(C)c1NC(=O)CN(C)C(=O)COC(=O)c1ccccc1F. The number of para-hydroxylation sites is 1. The summed E-state index contributed by atoms with van der Waals surface area (Å²) in [5.41, 5.74) is 2.28. The maximum Gasteiger partial charge on any atom is 0.341 e. The molecule has 7 heteroatoms. The molecule has 142 valence electrons. The summed E-state index contributed by atoms with van der Waals surface area (Å²) in [5, 5.41) is 2.77. The van der Waals surface area contributed by atoms with Gasteiger partial charge in [-0.2, -0.15) is 0 Å². The van der Waals surface area contributed by atoms with Gasteiger partial charge in [0.1, 0.15) is 5.82 Å². The Labute approximate surface area is 156 Å². The van der Waals surface area contributed by atoms with Gasteiger partial charge in [0.25, 0.3) is 5.91 Å². The van der Waals surface area contributed by atoms with E-state index in [0.717, 1.165) is 22.1 Å². The van der Waals surface area contributed by atoms with Gasteiger partial charge in [-0.1, -0.05) is 30.3 Å². The first-order chi connectivity index (χ1) is 12.8. The molecule has 0 heterocycles. The van der Waals surface area contributed by atoms with Crippen LogP contribution in [0, 0.1) is 19.7 Å². The van der Waals surface area contributed by atoms with E-state index in [1.165, 1.54) is 25.2 Å². The first-order valence-electron chi connectivity index (χ1n) is 8.31. The summed E-state index contributed by atoms with van der Waals surface area (Å²) >= 11 is 0. The predicted molar refractivity (Wildman–Crippen MR) is 98.9 cm³/mol. The number of nitrogens with zero attached hydrogens (tertiary/aromatic N) is 1. The Kier molecular flexibility index (Phi) is 6.65. The molecule has 0 aliphatic carbocycles. The second kappa shape index (κ2) is 8.93. The predicted octanol–water partition coefficient (Wildman–Crippen LogP) is 2.70. The molecule has 0 aromatic heterocycles. The van der Waals surface area contributed by atoms with E-state index in [9.17, 15) is 18.8 Å². The van der Waals surface area contributed by atoms with E-state index < -0.39 is 24.3 Å². The molecule has 1 N–H and O–H groups in total. The second-order valence-electron chi connectivity index (χ2n) is 6.12. The fourth-order valence-electron chi connectivity index (χ4n) is 2.44. The van der Waals surface area contributed by atoms with Crippen LogP contribution in [0.4, 0.5) is 10.1 Å². The molecule has 0 saturated carbocycles. The molecule has 0 aliphatic heterocycles. The van der Waals surface area contributed by atoms with Gasteiger partial charge in [-0.25, -0.2) is 9.18 Å². The van der Waals surface area contributed by atoms with Crippen molar-refractivity contribution < 1.29 is 23.5 Å². The van der Waals surface area contributed by atoms with Gasteiger partial charge in [0.05, 0.1) is 12.1 Å². The number of esters is 1. The molecule has 0 aliphatic rings. The van der Waals surface area contributed by atoms with Crippen molar-refractivity contribution in [2.24, 2.45) is 0 Å². The van der Waals surface area contributed by atoms with Gasteiger partial charge in [-0.05, 0) is 37.1 Å². The zero-order valence-corrected chi connectivity index (χ0v) is 15.4. The van der Waals surface area contributed by atoms with Crippen molar-refractivity contribution in [3.63, 3.8) is 0 Å². The van der Waals surface area contributed by atoms with Crippen LogP contribution in [0.2, 0.25) is 0 Å². The van der Waals surface area contributed by atoms with Crippen molar-refractivity contribution in [1.29, 1.82) is 0 Å². The minimum absolute atomic E-state index is 0.205. The van der Waals surface area contributed by atoms with Crippen LogP contribution in [0.5, 0.6) is 0 Å². The smallest absolute Gasteiger partial charge is 0.341 e. The summed E-state index contributed by atoms with van der Waals surface area (Å²) in [6, 6.07) is 11.0. The highest BCUT2D eigenvalue weighted by molar-refractivity contribution is 5.96. The summed E-state index contributed by atoms with van der Waals surface area (Å²) in [6.45, 7) is 2.96. The Morgan fingerprint density at radius 3 is 2.30 bits per heavy atom. The van der Waals surface area contributed by atoms with Crippen LogP contribution in [-0.2, 0) is 14.3 Å². The van der Waals surface area contributed by atoms with Gasteiger partial charge in [-0.15, -0.1) is 0 Å². The molecule has 27 heavy (non-hydrogen) atoms. The third-order valence-corrected chi connectivity index (χ3v) is 3.97. The van der Waals surface area contributed by atoms with Gasteiger partial charge >= 0.3 is 5.97 Å². The highest BCUT2D eigenvalue weighted by Gasteiger charge is 2.18. The molecular formula is C20H21FN2O4. The molecule has 0 spiro atoms. The summed E-state index contributed by atoms with van der Waals surface area (Å²) < 4.78 is 18.3. The van der Waals surface area contributed by atoms with Crippen molar-refractivity contribution in [1.82, 2.24) is 4.90 Å². The number of halogens is 1. The molecule has 0 fully saturated rings. The number of carbonyl (C=O) groups is 3. The Hall–Kier alpha value is -3.22. The molecule has 2 aromatic carbocycles. The maximum absolute atomic E-state index is 13.5. The van der Waals surface area contributed by atoms with Gasteiger partial charge < -0.3 is 15.0 Å². The number of rotatable bonds is 6. The fraction of sp³-hybridized carbons (Fsp3) is 0.250. The monoisotopic (exact) mass is 372 g/mol. The average Bonchev–Trinajstić information content (AvgIpc) is 2.63. The van der Waals surface area contributed by atoms with E-state index in [-0.39, 0.29) is 18.0 Å². The lowest BCUT2D eigenvalue weighted by Crippen LogP contribution is -2.37. The van der Waals surface area contributed by atoms with Crippen LogP contribution in [0.25, 0.3) is 0 Å². The standard InChI is InChI=1S/C20H21FN2O4/c1-13-7-6-8-14(2)19(13)22-17(24)11-23(3)18(25)12-27-20(26)15-9-4-5-10-16(15)21/h4-10H,11-12H2,1-3H3,(H,22,24). The molecule has 2 rings (SSSR count). The molecule has 2 aromatic rings. The number of carbonyl (C=O) groups excluding carboxylic acids is 3. The zero-order chi connectivity index (χ0) is 20.0. The fourth-order valence-corrected chi connectivity index (χ4v) is 2.44. The number of hydrogen-bond acceptors (Lipinski definition) is 4. The number of anilines is 1. The number of nitrogens with one attached hydrogen (secondary N) is 1. The van der Waals surface area contributed by atoms with Crippen molar-refractivity contribution in [3.8, 4) is 0 Å². The molecule has 0 atom stereocenters. The lowest BCUT2D eigenvalue weighted by molar-refractivity contribution is -0.136. The third kappa shape index (κ3) is 5.37. The van der Waals surface area contributed by atoms with E-state index in [2.05, 4.69) is 5.32 Å². The minimum atomic E-state index is -0.935. The van der Waals surface area contributed by atoms with Crippen molar-refractivity contribution in [3.05, 3.63) is 65.0 Å². The molecular weight excluding hydrogens is 351 g/mol. The lowest BCUT2D eigenvalue weighted by Gasteiger charge is -2.18. The third-order valence-electron chi connectivity index (χ3n) is 3.97. The number of amides is 2. The van der Waals surface area contributed by atoms with Crippen LogP contribution < -0.4 is 5.32 Å². The first-order valence-corrected chi connectivity index (χ1v) is 8.31. The van der Waals surface area contributed by atoms with Gasteiger partial charge in [0.2, 0.25) is 5.91 Å². The molecule has 6 nitrogen and oxygen atoms in total. The van der Waals surface area contributed by atoms with Crippen LogP contribution in [0.1, 0.15) is 21.5 Å². The van der Waals surface area contributed by atoms with E-state index in [4.69, 9.17) is 4.74 Å². The van der Waals surface area contributed by atoms with Gasteiger partial charge in [0, 0.05) is 12.7 Å². The van der Waals surface area contributed by atoms with Crippen LogP contribution in [0.3, 0.4) is 0 Å². The maximum atomic E-state index is 13.5. The molecule has 0 saturated heterocycles. The molecule has 0 bridgehead atoms. The van der Waals surface area contributed by atoms with Crippen LogP contribution >= 0.6 is 0 Å². The summed E-state index contributed by atoms with van der Waals surface area (Å²) in [6.07, 6.45) is 0. The number of aryl methyl sites for hydroxylation is 2. The van der Waals surface area contributed by atoms with E-state index in [0.29, 0.717) is 5.69 Å². The Morgan fingerprint density at radius 2 is 1.67 bits per heavy atom. The van der Waals surface area contributed by atoms with Crippen molar-refractivity contribution in [2.75, 3.05) is 25.5 Å². The highest BCUT2D eigenvalue weighted by Crippen LogP contribution is 2.19. The Balaban J connectivity index is 1.87. The van der Waals surface area contributed by atoms with E-state index >= 15 is 0 Å². The average molecular weight is 372 g/mol. The van der Waals surface area contributed by atoms with Crippen LogP contribution in [-0.4, -0.2) is 42.9 Å². The molecule has 0 radical (unpaired) electrons. The van der Waals surface area contributed by atoms with E-state index in [1.807, 2.05) is 32.0 Å². The zero-order valence-electron chi connectivity index (χ0n) is 15.4. The highest BCUT2D eigenvalue weighted by atomic mass is 19.1. The Morgan fingerprint density at radius 1 is 1.04 bits per heavy atom. The molecule has 2 amide bonds. The summed E-state index contributed by atoms with van der Waals surface area (Å²) in [5.74, 6) is -2.61. The summed E-state index contributed by atoms with van der Waals surface area (Å²) in [4.78, 5) is 37.2. The first kappa shape index (κ1) is 20.1. The number of hydrogen-bond donors (Lipinski definition) is 1. The quantitative estimate of drug-likeness (QED) is 0.791. The van der Waals surface area contributed by atoms with Crippen molar-refractivity contribution >= 4 is 23.5 Å². The number of ether oxygens (including phenoxy) is 1. The van der Waals surface area contributed by atoms with Gasteiger partial charge in [-0.3, -0.25) is 9.59 Å². The molecule has 0 unspecified atom stereocenters. The van der Waals surface area contributed by atoms with Gasteiger partial charge in [0.15, 0.2) is 6.61 Å². The summed E-state index contributed by atoms with van der Waals surface area (Å²) in [7, 11) is 1.42. The normalized spacial score (nSPS) is 10.2. The Bertz CT molecular complexity index is 847. The lowest BCUT2D eigenvalue weighted by atomic mass is 10.1. The minimum Gasteiger partial charge on any atom is -0.452 e. The van der Waals surface area contributed by atoms with Crippen LogP contribution in [0.15, 0.2) is 42.5 Å². The van der Waals surface area contributed by atoms with Crippen molar-refractivity contribution in [2.45, 2.75) is 13.8 Å². The second-order valence-corrected chi connectivity index (χ2v) is 6.12. The van der Waals surface area contributed by atoms with E-state index in [1.54, 1.807) is 0 Å². The largest absolute Gasteiger partial charge is 0.452 e. The topological polar surface area (TPSA) is 75.7 Å². The number of likely N-dealkylation sites (N-methyl/N-ethyl adjacent to an activating group) is 1.